The van der Waals surface area contributed by atoms with E-state index < -0.39 is 24.5 Å². The van der Waals surface area contributed by atoms with Gasteiger partial charge in [0.15, 0.2) is 6.10 Å². The van der Waals surface area contributed by atoms with Gasteiger partial charge in [-0.2, -0.15) is 0 Å². The molecule has 0 spiro atoms. The number of rotatable bonds is 15. The van der Waals surface area contributed by atoms with E-state index in [0.29, 0.717) is 30.5 Å². The molecule has 0 heterocycles. The first kappa shape index (κ1) is 30.8. The number of alkyl halides is 3. The maximum Gasteiger partial charge on any atom is 0.573 e. The molecule has 0 fully saturated rings. The third kappa shape index (κ3) is 11.7. The van der Waals surface area contributed by atoms with Gasteiger partial charge in [0.05, 0.1) is 6.54 Å². The van der Waals surface area contributed by atoms with E-state index in [1.807, 2.05) is 0 Å². The number of carbonyl (C=O) groups excluding carboxylic acids is 1. The average Bonchev–Trinajstić information content (AvgIpc) is 2.83. The lowest BCUT2D eigenvalue weighted by Gasteiger charge is -2.24. The van der Waals surface area contributed by atoms with Crippen LogP contribution in [0.2, 0.25) is 0 Å². The Bertz CT molecular complexity index is 997. The Balaban J connectivity index is 1.94. The molecule has 1 unspecified atom stereocenters. The summed E-state index contributed by atoms with van der Waals surface area (Å²) in [4.78, 5) is 25.8. The molecule has 0 aliphatic carbocycles. The number of carboxylic acid groups (broad SMARTS) is 1. The number of nitrogens with one attached hydrogen (secondary N) is 1. The predicted molar refractivity (Wildman–Crippen MR) is 136 cm³/mol. The number of nitrogens with zero attached hydrogens (tertiary/aromatic N) is 1. The Morgan fingerprint density at radius 1 is 1.00 bits per heavy atom. The number of halogens is 3. The van der Waals surface area contributed by atoms with Crippen LogP contribution in [0.5, 0.6) is 11.5 Å². The van der Waals surface area contributed by atoms with Crippen molar-refractivity contribution in [1.82, 2.24) is 4.90 Å². The Hall–Kier alpha value is -3.47. The first-order chi connectivity index (χ1) is 18.0. The molecule has 8 nitrogen and oxygen atoms in total. The lowest BCUT2D eigenvalue weighted by molar-refractivity contribution is -0.274. The number of ether oxygens (including phenoxy) is 3. The van der Waals surface area contributed by atoms with Crippen molar-refractivity contribution >= 4 is 17.7 Å². The zero-order valence-corrected chi connectivity index (χ0v) is 21.8. The fourth-order valence-electron chi connectivity index (χ4n) is 3.58. The molecular weight excluding hydrogens is 505 g/mol. The first-order valence-electron chi connectivity index (χ1n) is 12.4. The Labute approximate surface area is 220 Å². The summed E-state index contributed by atoms with van der Waals surface area (Å²) >= 11 is 0. The second-order valence-corrected chi connectivity index (χ2v) is 9.00. The Kier molecular flexibility index (Phi) is 12.2. The van der Waals surface area contributed by atoms with E-state index in [-0.39, 0.29) is 25.3 Å². The number of aliphatic carboxylic acids is 1. The molecule has 2 aromatic rings. The number of amides is 2. The van der Waals surface area contributed by atoms with Gasteiger partial charge in [-0.25, -0.2) is 9.59 Å². The summed E-state index contributed by atoms with van der Waals surface area (Å²) in [7, 11) is 0. The number of urea groups is 1. The molecule has 210 valence electrons. The molecule has 2 rings (SSSR count). The van der Waals surface area contributed by atoms with Gasteiger partial charge in [0.1, 0.15) is 18.1 Å². The number of carbonyl (C=O) groups is 2. The number of anilines is 1. The Morgan fingerprint density at radius 3 is 2.18 bits per heavy atom. The van der Waals surface area contributed by atoms with Crippen molar-refractivity contribution in [1.29, 1.82) is 0 Å². The molecule has 2 aromatic carbocycles. The minimum Gasteiger partial charge on any atom is -0.492 e. The molecule has 38 heavy (non-hydrogen) atoms. The largest absolute Gasteiger partial charge is 0.573 e. The first-order valence-corrected chi connectivity index (χ1v) is 12.4. The van der Waals surface area contributed by atoms with Gasteiger partial charge in [-0.3, -0.25) is 0 Å². The monoisotopic (exact) mass is 540 g/mol. The zero-order valence-electron chi connectivity index (χ0n) is 21.8. The molecule has 1 atom stereocenters. The van der Waals surface area contributed by atoms with E-state index >= 15 is 0 Å². The summed E-state index contributed by atoms with van der Waals surface area (Å²) in [6.07, 6.45) is -3.77. The number of hydrogen-bond acceptors (Lipinski definition) is 5. The highest BCUT2D eigenvalue weighted by Crippen LogP contribution is 2.24. The van der Waals surface area contributed by atoms with Crippen LogP contribution in [0.25, 0.3) is 0 Å². The van der Waals surface area contributed by atoms with Gasteiger partial charge in [0.25, 0.3) is 0 Å². The molecule has 0 aliphatic rings. The van der Waals surface area contributed by atoms with Gasteiger partial charge >= 0.3 is 18.4 Å². The molecule has 2 N–H and O–H groups in total. The van der Waals surface area contributed by atoms with Crippen LogP contribution in [0, 0.1) is 5.92 Å². The van der Waals surface area contributed by atoms with Crippen LogP contribution in [0.4, 0.5) is 23.7 Å². The quantitative estimate of drug-likeness (QED) is 0.289. The van der Waals surface area contributed by atoms with Gasteiger partial charge in [0, 0.05) is 25.3 Å². The van der Waals surface area contributed by atoms with Crippen molar-refractivity contribution in [2.24, 2.45) is 5.92 Å². The minimum absolute atomic E-state index is 0.212. The Morgan fingerprint density at radius 2 is 1.63 bits per heavy atom. The van der Waals surface area contributed by atoms with Crippen LogP contribution in [0.3, 0.4) is 0 Å². The summed E-state index contributed by atoms with van der Waals surface area (Å²) in [5.74, 6) is -0.354. The normalized spacial score (nSPS) is 12.2. The standard InChI is InChI=1S/C27H35F3N2O6/c1-4-36-24(25(33)34)18-20-7-11-22(12-8-20)37-17-16-32(15-5-6-19(2)3)26(35)31-21-9-13-23(14-10-21)38-27(28,29)30/h7-14,19,24H,4-6,15-18H2,1-3H3,(H,31,35)(H,33,34). The highest BCUT2D eigenvalue weighted by molar-refractivity contribution is 5.89. The second-order valence-electron chi connectivity index (χ2n) is 9.00. The summed E-state index contributed by atoms with van der Waals surface area (Å²) in [5, 5.41) is 11.9. The number of benzene rings is 2. The van der Waals surface area contributed by atoms with Gasteiger partial charge in [0.2, 0.25) is 0 Å². The zero-order chi connectivity index (χ0) is 28.1. The van der Waals surface area contributed by atoms with Crippen LogP contribution >= 0.6 is 0 Å². The van der Waals surface area contributed by atoms with Crippen molar-refractivity contribution in [2.45, 2.75) is 52.5 Å². The summed E-state index contributed by atoms with van der Waals surface area (Å²) in [6, 6.07) is 11.5. The van der Waals surface area contributed by atoms with Gasteiger partial charge in [-0.05, 0) is 67.6 Å². The molecule has 11 heteroatoms. The topological polar surface area (TPSA) is 97.3 Å². The van der Waals surface area contributed by atoms with E-state index in [1.165, 1.54) is 12.1 Å². The molecule has 2 amide bonds. The maximum atomic E-state index is 12.9. The van der Waals surface area contributed by atoms with Crippen molar-refractivity contribution < 1.29 is 42.1 Å². The molecule has 0 saturated carbocycles. The van der Waals surface area contributed by atoms with E-state index in [1.54, 1.807) is 36.1 Å². The van der Waals surface area contributed by atoms with Crippen molar-refractivity contribution in [3.63, 3.8) is 0 Å². The predicted octanol–water partition coefficient (Wildman–Crippen LogP) is 5.97. The highest BCUT2D eigenvalue weighted by Gasteiger charge is 2.31. The van der Waals surface area contributed by atoms with E-state index in [4.69, 9.17) is 9.47 Å². The molecule has 0 radical (unpaired) electrons. The average molecular weight is 541 g/mol. The lowest BCUT2D eigenvalue weighted by Crippen LogP contribution is -2.38. The van der Waals surface area contributed by atoms with Crippen LogP contribution in [0.15, 0.2) is 48.5 Å². The third-order valence-corrected chi connectivity index (χ3v) is 5.45. The summed E-state index contributed by atoms with van der Waals surface area (Å²) in [5.41, 5.74) is 1.13. The summed E-state index contributed by atoms with van der Waals surface area (Å²) in [6.45, 7) is 7.20. The van der Waals surface area contributed by atoms with Crippen LogP contribution in [0.1, 0.15) is 39.2 Å². The molecule has 0 bridgehead atoms. The highest BCUT2D eigenvalue weighted by atomic mass is 19.4. The number of hydrogen-bond donors (Lipinski definition) is 2. The van der Waals surface area contributed by atoms with E-state index in [0.717, 1.165) is 30.5 Å². The van der Waals surface area contributed by atoms with E-state index in [9.17, 15) is 27.9 Å². The van der Waals surface area contributed by atoms with E-state index in [2.05, 4.69) is 23.9 Å². The smallest absolute Gasteiger partial charge is 0.492 e. The lowest BCUT2D eigenvalue weighted by atomic mass is 10.1. The maximum absolute atomic E-state index is 12.9. The van der Waals surface area contributed by atoms with Crippen LogP contribution in [-0.4, -0.2) is 60.8 Å². The van der Waals surface area contributed by atoms with Gasteiger partial charge in [-0.15, -0.1) is 13.2 Å². The third-order valence-electron chi connectivity index (χ3n) is 5.45. The van der Waals surface area contributed by atoms with Crippen molar-refractivity contribution in [2.75, 3.05) is 31.6 Å². The van der Waals surface area contributed by atoms with Gasteiger partial charge in [-0.1, -0.05) is 26.0 Å². The fraction of sp³-hybridized carbons (Fsp3) is 0.481. The second kappa shape index (κ2) is 15.1. The fourth-order valence-corrected chi connectivity index (χ4v) is 3.58. The molecule has 0 aliphatic heterocycles. The van der Waals surface area contributed by atoms with Crippen molar-refractivity contribution in [3.05, 3.63) is 54.1 Å². The number of carboxylic acids is 1. The molecule has 0 saturated heterocycles. The van der Waals surface area contributed by atoms with Crippen LogP contribution < -0.4 is 14.8 Å². The summed E-state index contributed by atoms with van der Waals surface area (Å²) < 4.78 is 52.0. The SMILES string of the molecule is CCOC(Cc1ccc(OCCN(CCCC(C)C)C(=O)Nc2ccc(OC(F)(F)F)cc2)cc1)C(=O)O. The molecule has 0 aromatic heterocycles. The van der Waals surface area contributed by atoms with Gasteiger partial charge < -0.3 is 29.5 Å². The van der Waals surface area contributed by atoms with Crippen molar-refractivity contribution in [3.8, 4) is 11.5 Å². The van der Waals surface area contributed by atoms with Crippen LogP contribution in [-0.2, 0) is 16.0 Å². The minimum atomic E-state index is -4.79. The molecular formula is C27H35F3N2O6.